The van der Waals surface area contributed by atoms with Crippen molar-refractivity contribution in [2.75, 3.05) is 13.3 Å². The molecule has 0 aromatic carbocycles. The van der Waals surface area contributed by atoms with E-state index >= 15 is 0 Å². The van der Waals surface area contributed by atoms with Gasteiger partial charge in [0.25, 0.3) is 0 Å². The van der Waals surface area contributed by atoms with Crippen LogP contribution in [0.25, 0.3) is 0 Å². The largest absolute Gasteiger partial charge is 0.315 e. The van der Waals surface area contributed by atoms with Crippen molar-refractivity contribution in [3.63, 3.8) is 0 Å². The summed E-state index contributed by atoms with van der Waals surface area (Å²) in [5.41, 5.74) is 0. The molecular weight excluding hydrogens is 113 g/mol. The van der Waals surface area contributed by atoms with Gasteiger partial charge in [-0.05, 0) is 0 Å². The Bertz CT molecular complexity index is 106. The van der Waals surface area contributed by atoms with Crippen molar-refractivity contribution < 1.29 is 9.09 Å². The summed E-state index contributed by atoms with van der Waals surface area (Å²) in [7, 11) is -1.87. The number of hydrogen-bond donors (Lipinski definition) is 0. The van der Waals surface area contributed by atoms with E-state index in [9.17, 15) is 4.57 Å². The van der Waals surface area contributed by atoms with Gasteiger partial charge >= 0.3 is 0 Å². The molecule has 40 valence electrons. The number of hydrogen-bond acceptors (Lipinski definition) is 3. The molecule has 0 bridgehead atoms. The molecular formula is C3H6NO2P. The highest BCUT2D eigenvalue weighted by Crippen LogP contribution is 2.13. The lowest BCUT2D eigenvalue weighted by Crippen LogP contribution is -1.76. The van der Waals surface area contributed by atoms with Gasteiger partial charge < -0.3 is 4.52 Å². The minimum atomic E-state index is -1.87. The van der Waals surface area contributed by atoms with E-state index in [0.717, 1.165) is 0 Å². The Labute approximate surface area is 42.8 Å². The van der Waals surface area contributed by atoms with Crippen LogP contribution in [0.1, 0.15) is 0 Å². The van der Waals surface area contributed by atoms with Crippen LogP contribution in [-0.2, 0) is 9.09 Å². The minimum absolute atomic E-state index is 0.0612. The third-order valence-corrected chi connectivity index (χ3v) is 0.891. The molecule has 0 aliphatic heterocycles. The highest BCUT2D eigenvalue weighted by atomic mass is 31.1. The van der Waals surface area contributed by atoms with Crippen molar-refractivity contribution in [3.8, 4) is 6.07 Å². The molecule has 1 atom stereocenters. The van der Waals surface area contributed by atoms with E-state index in [0.29, 0.717) is 0 Å². The molecule has 3 nitrogen and oxygen atoms in total. The summed E-state index contributed by atoms with van der Waals surface area (Å²) in [6, 6.07) is 1.70. The van der Waals surface area contributed by atoms with Crippen LogP contribution < -0.4 is 0 Å². The first-order valence-corrected chi connectivity index (χ1v) is 3.59. The summed E-state index contributed by atoms with van der Waals surface area (Å²) in [6.07, 6.45) is 0. The van der Waals surface area contributed by atoms with Gasteiger partial charge in [0.05, 0.1) is 6.07 Å². The lowest BCUT2D eigenvalue weighted by molar-refractivity contribution is 0.380. The third-order valence-electron chi connectivity index (χ3n) is 0.340. The number of nitriles is 1. The maximum absolute atomic E-state index is 10.0. The van der Waals surface area contributed by atoms with Crippen LogP contribution in [0.2, 0.25) is 0 Å². The van der Waals surface area contributed by atoms with E-state index in [2.05, 4.69) is 4.52 Å². The highest BCUT2D eigenvalue weighted by Gasteiger charge is 1.83. The van der Waals surface area contributed by atoms with Gasteiger partial charge in [-0.2, -0.15) is 5.26 Å². The summed E-state index contributed by atoms with van der Waals surface area (Å²) < 4.78 is 14.4. The first-order valence-electron chi connectivity index (χ1n) is 1.77. The molecule has 0 aromatic rings. The maximum Gasteiger partial charge on any atom is 0.189 e. The molecule has 0 spiro atoms. The minimum Gasteiger partial charge on any atom is -0.315 e. The lowest BCUT2D eigenvalue weighted by Gasteiger charge is -1.86. The van der Waals surface area contributed by atoms with Gasteiger partial charge in [0.1, 0.15) is 6.61 Å². The van der Waals surface area contributed by atoms with Crippen LogP contribution in [-0.4, -0.2) is 13.3 Å². The van der Waals surface area contributed by atoms with Gasteiger partial charge in [0.2, 0.25) is 0 Å². The molecule has 0 aliphatic carbocycles. The van der Waals surface area contributed by atoms with Gasteiger partial charge in [-0.3, -0.25) is 4.57 Å². The molecule has 0 radical (unpaired) electrons. The molecule has 0 heterocycles. The maximum atomic E-state index is 10.0. The highest BCUT2D eigenvalue weighted by molar-refractivity contribution is 7.38. The topological polar surface area (TPSA) is 50.1 Å². The number of nitrogens with zero attached hydrogens (tertiary/aromatic N) is 1. The Hall–Kier alpha value is -0.320. The Balaban J connectivity index is 3.02. The predicted molar refractivity (Wildman–Crippen MR) is 26.5 cm³/mol. The standard InChI is InChI=1S/C3H6NO2P/c1-7(5)6-3-2-4/h7H,3H2,1H3. The quantitative estimate of drug-likeness (QED) is 0.501. The fourth-order valence-electron chi connectivity index (χ4n) is 0.134. The van der Waals surface area contributed by atoms with Crippen LogP contribution in [0, 0.1) is 11.3 Å². The first-order chi connectivity index (χ1) is 3.27. The molecule has 0 N–H and O–H groups in total. The summed E-state index contributed by atoms with van der Waals surface area (Å²) in [4.78, 5) is 0. The fourth-order valence-corrected chi connectivity index (χ4v) is 0.402. The van der Waals surface area contributed by atoms with E-state index in [1.807, 2.05) is 0 Å². The van der Waals surface area contributed by atoms with Gasteiger partial charge in [0, 0.05) is 6.66 Å². The van der Waals surface area contributed by atoms with Gasteiger partial charge in [-0.15, -0.1) is 0 Å². The van der Waals surface area contributed by atoms with E-state index in [-0.39, 0.29) is 6.61 Å². The van der Waals surface area contributed by atoms with Crippen LogP contribution in [0.5, 0.6) is 0 Å². The molecule has 4 heteroatoms. The second-order valence-corrected chi connectivity index (χ2v) is 2.21. The van der Waals surface area contributed by atoms with Crippen LogP contribution in [0.4, 0.5) is 0 Å². The smallest absolute Gasteiger partial charge is 0.189 e. The molecule has 0 aliphatic rings. The average molecular weight is 119 g/mol. The van der Waals surface area contributed by atoms with E-state index < -0.39 is 8.03 Å². The zero-order chi connectivity index (χ0) is 5.70. The average Bonchev–Trinajstić information content (AvgIpc) is 1.61. The number of rotatable bonds is 2. The molecule has 0 saturated carbocycles. The zero-order valence-corrected chi connectivity index (χ0v) is 4.97. The van der Waals surface area contributed by atoms with E-state index in [1.54, 1.807) is 6.07 Å². The van der Waals surface area contributed by atoms with E-state index in [4.69, 9.17) is 5.26 Å². The molecule has 0 saturated heterocycles. The molecule has 0 rings (SSSR count). The van der Waals surface area contributed by atoms with Crippen molar-refractivity contribution in [2.24, 2.45) is 0 Å². The van der Waals surface area contributed by atoms with Crippen molar-refractivity contribution in [1.82, 2.24) is 0 Å². The molecule has 1 unspecified atom stereocenters. The first kappa shape index (κ1) is 6.68. The third kappa shape index (κ3) is 5.68. The predicted octanol–water partition coefficient (Wildman–Crippen LogP) is 0.631. The SMILES string of the molecule is C[PH](=O)OCC#N. The fraction of sp³-hybridized carbons (Fsp3) is 0.667. The van der Waals surface area contributed by atoms with Crippen molar-refractivity contribution in [2.45, 2.75) is 0 Å². The Morgan fingerprint density at radius 3 is 2.71 bits per heavy atom. The van der Waals surface area contributed by atoms with Crippen LogP contribution >= 0.6 is 8.03 Å². The Morgan fingerprint density at radius 1 is 2.00 bits per heavy atom. The monoisotopic (exact) mass is 119 g/mol. The molecule has 0 fully saturated rings. The lowest BCUT2D eigenvalue weighted by atomic mass is 10.9. The Kier molecular flexibility index (Phi) is 3.68. The van der Waals surface area contributed by atoms with Crippen molar-refractivity contribution in [1.29, 1.82) is 5.26 Å². The summed E-state index contributed by atoms with van der Waals surface area (Å²) in [6.45, 7) is 1.39. The summed E-state index contributed by atoms with van der Waals surface area (Å²) in [5.74, 6) is 0. The van der Waals surface area contributed by atoms with Gasteiger partial charge in [0.15, 0.2) is 8.03 Å². The second-order valence-electron chi connectivity index (χ2n) is 0.938. The van der Waals surface area contributed by atoms with Gasteiger partial charge in [-0.1, -0.05) is 0 Å². The zero-order valence-electron chi connectivity index (χ0n) is 3.97. The summed E-state index contributed by atoms with van der Waals surface area (Å²) >= 11 is 0. The van der Waals surface area contributed by atoms with Crippen LogP contribution in [0.15, 0.2) is 0 Å². The Morgan fingerprint density at radius 2 is 2.57 bits per heavy atom. The van der Waals surface area contributed by atoms with E-state index in [1.165, 1.54) is 6.66 Å². The summed E-state index contributed by atoms with van der Waals surface area (Å²) in [5, 5.41) is 7.82. The van der Waals surface area contributed by atoms with Gasteiger partial charge in [-0.25, -0.2) is 0 Å². The van der Waals surface area contributed by atoms with Crippen LogP contribution in [0.3, 0.4) is 0 Å². The second kappa shape index (κ2) is 3.86. The van der Waals surface area contributed by atoms with Crippen molar-refractivity contribution in [3.05, 3.63) is 0 Å². The normalized spacial score (nSPS) is 12.6. The molecule has 0 amide bonds. The molecule has 0 aromatic heterocycles. The van der Waals surface area contributed by atoms with Crippen molar-refractivity contribution >= 4 is 8.03 Å². The molecule has 7 heavy (non-hydrogen) atoms.